The third kappa shape index (κ3) is 4.46. The molecular weight excluding hydrogens is 311 g/mol. The third-order valence-corrected chi connectivity index (χ3v) is 2.43. The number of rotatable bonds is 6. The van der Waals surface area contributed by atoms with Gasteiger partial charge < -0.3 is 19.9 Å². The molecule has 0 fully saturated rings. The van der Waals surface area contributed by atoms with E-state index in [1.165, 1.54) is 14.2 Å². The fraction of sp³-hybridized carbons (Fsp3) is 0.455. The summed E-state index contributed by atoms with van der Waals surface area (Å²) >= 11 is 0. The van der Waals surface area contributed by atoms with Gasteiger partial charge in [0.1, 0.15) is 12.4 Å². The molecule has 0 aliphatic carbocycles. The molecule has 1 atom stereocenters. The Morgan fingerprint density at radius 2 is 1.77 bits per heavy atom. The monoisotopic (exact) mass is 323 g/mol. The summed E-state index contributed by atoms with van der Waals surface area (Å²) in [5.41, 5.74) is -0.402. The Morgan fingerprint density at radius 3 is 2.14 bits per heavy atom. The highest BCUT2D eigenvalue weighted by Gasteiger charge is 2.37. The molecular formula is C11H12F3N3O5. The summed E-state index contributed by atoms with van der Waals surface area (Å²) in [5.74, 6) is -3.52. The summed E-state index contributed by atoms with van der Waals surface area (Å²) in [6.07, 6.45) is -5.48. The van der Waals surface area contributed by atoms with Gasteiger partial charge in [-0.25, -0.2) is 14.8 Å². The molecule has 22 heavy (non-hydrogen) atoms. The molecule has 0 aliphatic rings. The Kier molecular flexibility index (Phi) is 5.49. The van der Waals surface area contributed by atoms with Gasteiger partial charge in [-0.1, -0.05) is 0 Å². The summed E-state index contributed by atoms with van der Waals surface area (Å²) in [5, 5.41) is 10.5. The number of halogens is 3. The largest absolute Gasteiger partial charge is 0.480 e. The van der Waals surface area contributed by atoms with Crippen LogP contribution in [-0.2, 0) is 4.79 Å². The number of ether oxygens (including phenoxy) is 2. The average Bonchev–Trinajstić information content (AvgIpc) is 2.43. The zero-order valence-electron chi connectivity index (χ0n) is 11.5. The van der Waals surface area contributed by atoms with Crippen molar-refractivity contribution in [2.24, 2.45) is 0 Å². The standard InChI is InChI=1S/C11H12F3N3O5/c1-21-8-6(9(22-2)16-4-15-8)7(18)17-5(10(19)20)3-11(12,13)14/h4-5H,3H2,1-2H3,(H,17,18)(H,19,20). The zero-order chi connectivity index (χ0) is 16.9. The topological polar surface area (TPSA) is 111 Å². The van der Waals surface area contributed by atoms with Gasteiger partial charge >= 0.3 is 12.1 Å². The number of hydrogen-bond acceptors (Lipinski definition) is 6. The van der Waals surface area contributed by atoms with Crippen molar-refractivity contribution in [2.75, 3.05) is 14.2 Å². The molecule has 1 rings (SSSR count). The van der Waals surface area contributed by atoms with Crippen LogP contribution in [-0.4, -0.2) is 53.4 Å². The summed E-state index contributed by atoms with van der Waals surface area (Å²) in [6.45, 7) is 0. The number of aliphatic carboxylic acids is 1. The molecule has 0 saturated heterocycles. The predicted molar refractivity (Wildman–Crippen MR) is 64.7 cm³/mol. The van der Waals surface area contributed by atoms with E-state index in [-0.39, 0.29) is 11.8 Å². The van der Waals surface area contributed by atoms with Crippen molar-refractivity contribution in [3.8, 4) is 11.8 Å². The average molecular weight is 323 g/mol. The quantitative estimate of drug-likeness (QED) is 0.790. The Morgan fingerprint density at radius 1 is 1.27 bits per heavy atom. The van der Waals surface area contributed by atoms with Gasteiger partial charge in [0.2, 0.25) is 11.8 Å². The molecule has 2 N–H and O–H groups in total. The molecule has 1 aromatic heterocycles. The molecule has 0 saturated carbocycles. The molecule has 0 radical (unpaired) electrons. The third-order valence-electron chi connectivity index (χ3n) is 2.43. The Labute approximate surface area is 122 Å². The lowest BCUT2D eigenvalue weighted by molar-refractivity contribution is -0.157. The van der Waals surface area contributed by atoms with E-state index in [1.54, 1.807) is 5.32 Å². The summed E-state index contributed by atoms with van der Waals surface area (Å²) in [6, 6.07) is -2.16. The fourth-order valence-corrected chi connectivity index (χ4v) is 1.52. The molecule has 1 unspecified atom stereocenters. The van der Waals surface area contributed by atoms with Crippen molar-refractivity contribution in [3.05, 3.63) is 11.9 Å². The van der Waals surface area contributed by atoms with Crippen LogP contribution in [0.25, 0.3) is 0 Å². The number of alkyl halides is 3. The van der Waals surface area contributed by atoms with E-state index in [0.717, 1.165) is 6.33 Å². The molecule has 0 bridgehead atoms. The summed E-state index contributed by atoms with van der Waals surface area (Å²) in [7, 11) is 2.34. The maximum Gasteiger partial charge on any atom is 0.391 e. The number of carboxylic acids is 1. The van der Waals surface area contributed by atoms with Crippen LogP contribution in [0.15, 0.2) is 6.33 Å². The molecule has 0 spiro atoms. The smallest absolute Gasteiger partial charge is 0.391 e. The minimum atomic E-state index is -4.77. The Bertz CT molecular complexity index is 542. The maximum atomic E-state index is 12.3. The van der Waals surface area contributed by atoms with Crippen molar-refractivity contribution >= 4 is 11.9 Å². The van der Waals surface area contributed by atoms with Crippen LogP contribution < -0.4 is 14.8 Å². The van der Waals surface area contributed by atoms with Crippen LogP contribution in [0, 0.1) is 0 Å². The van der Waals surface area contributed by atoms with Gasteiger partial charge in [-0.3, -0.25) is 4.79 Å². The second-order valence-corrected chi connectivity index (χ2v) is 3.95. The normalized spacial score (nSPS) is 12.4. The van der Waals surface area contributed by atoms with Gasteiger partial charge in [0, 0.05) is 0 Å². The van der Waals surface area contributed by atoms with Crippen LogP contribution in [0.3, 0.4) is 0 Å². The zero-order valence-corrected chi connectivity index (χ0v) is 11.5. The highest BCUT2D eigenvalue weighted by Crippen LogP contribution is 2.25. The first-order valence-electron chi connectivity index (χ1n) is 5.73. The lowest BCUT2D eigenvalue weighted by atomic mass is 10.2. The van der Waals surface area contributed by atoms with Gasteiger partial charge in [0.25, 0.3) is 5.91 Å². The Balaban J connectivity index is 3.07. The van der Waals surface area contributed by atoms with Gasteiger partial charge in [-0.05, 0) is 0 Å². The van der Waals surface area contributed by atoms with Crippen LogP contribution in [0.1, 0.15) is 16.8 Å². The number of methoxy groups -OCH3 is 2. The predicted octanol–water partition coefficient (Wildman–Crippen LogP) is 0.629. The van der Waals surface area contributed by atoms with E-state index in [1.807, 2.05) is 0 Å². The number of carboxylic acid groups (broad SMARTS) is 1. The first kappa shape index (κ1) is 17.5. The van der Waals surface area contributed by atoms with Gasteiger partial charge in [0.15, 0.2) is 5.56 Å². The molecule has 1 heterocycles. The van der Waals surface area contributed by atoms with Crippen LogP contribution in [0.2, 0.25) is 0 Å². The van der Waals surface area contributed by atoms with Crippen molar-refractivity contribution in [1.82, 2.24) is 15.3 Å². The molecule has 1 aromatic rings. The highest BCUT2D eigenvalue weighted by atomic mass is 19.4. The van der Waals surface area contributed by atoms with E-state index >= 15 is 0 Å². The molecule has 0 aliphatic heterocycles. The number of hydrogen-bond donors (Lipinski definition) is 2. The SMILES string of the molecule is COc1ncnc(OC)c1C(=O)NC(CC(F)(F)F)C(=O)O. The minimum absolute atomic E-state index is 0.263. The van der Waals surface area contributed by atoms with Crippen LogP contribution in [0.5, 0.6) is 11.8 Å². The number of carbonyl (C=O) groups is 2. The second kappa shape index (κ2) is 6.91. The molecule has 8 nitrogen and oxygen atoms in total. The number of nitrogens with zero attached hydrogens (tertiary/aromatic N) is 2. The van der Waals surface area contributed by atoms with Gasteiger partial charge in [-0.2, -0.15) is 13.2 Å². The van der Waals surface area contributed by atoms with E-state index in [2.05, 4.69) is 9.97 Å². The minimum Gasteiger partial charge on any atom is -0.480 e. The lowest BCUT2D eigenvalue weighted by Crippen LogP contribution is -2.43. The highest BCUT2D eigenvalue weighted by molar-refractivity contribution is 6.00. The molecule has 1 amide bonds. The number of amides is 1. The number of aromatic nitrogens is 2. The van der Waals surface area contributed by atoms with Crippen molar-refractivity contribution in [3.63, 3.8) is 0 Å². The van der Waals surface area contributed by atoms with E-state index in [0.29, 0.717) is 0 Å². The number of nitrogens with one attached hydrogen (secondary N) is 1. The molecule has 122 valence electrons. The maximum absolute atomic E-state index is 12.3. The molecule has 11 heteroatoms. The number of carbonyl (C=O) groups excluding carboxylic acids is 1. The van der Waals surface area contributed by atoms with E-state index < -0.39 is 36.1 Å². The summed E-state index contributed by atoms with van der Waals surface area (Å²) < 4.78 is 46.5. The van der Waals surface area contributed by atoms with Gasteiger partial charge in [0.05, 0.1) is 20.6 Å². The van der Waals surface area contributed by atoms with Gasteiger partial charge in [-0.15, -0.1) is 0 Å². The first-order chi connectivity index (χ1) is 10.2. The summed E-state index contributed by atoms with van der Waals surface area (Å²) in [4.78, 5) is 30.1. The second-order valence-electron chi connectivity index (χ2n) is 3.95. The fourth-order valence-electron chi connectivity index (χ4n) is 1.52. The van der Waals surface area contributed by atoms with E-state index in [9.17, 15) is 22.8 Å². The van der Waals surface area contributed by atoms with Crippen LogP contribution >= 0.6 is 0 Å². The van der Waals surface area contributed by atoms with Crippen LogP contribution in [0.4, 0.5) is 13.2 Å². The molecule has 0 aromatic carbocycles. The first-order valence-corrected chi connectivity index (χ1v) is 5.73. The lowest BCUT2D eigenvalue weighted by Gasteiger charge is -2.17. The van der Waals surface area contributed by atoms with Crippen molar-refractivity contribution in [1.29, 1.82) is 0 Å². The van der Waals surface area contributed by atoms with E-state index in [4.69, 9.17) is 14.6 Å². The van der Waals surface area contributed by atoms with Crippen molar-refractivity contribution < 1.29 is 37.3 Å². The van der Waals surface area contributed by atoms with Crippen molar-refractivity contribution in [2.45, 2.75) is 18.6 Å². The Hall–Kier alpha value is -2.59.